The lowest BCUT2D eigenvalue weighted by molar-refractivity contribution is -0.124. The molecule has 0 aliphatic carbocycles. The summed E-state index contributed by atoms with van der Waals surface area (Å²) in [5, 5.41) is 11.6. The van der Waals surface area contributed by atoms with Crippen molar-refractivity contribution < 1.29 is 13.2 Å². The molecule has 1 rings (SSSR count). The Labute approximate surface area is 119 Å². The maximum Gasteiger partial charge on any atom is 0.237 e. The second-order valence-electron chi connectivity index (χ2n) is 4.98. The summed E-state index contributed by atoms with van der Waals surface area (Å²) in [7, 11) is -3.21. The molecular weight excluding hydrogens is 276 g/mol. The third kappa shape index (κ3) is 4.35. The smallest absolute Gasteiger partial charge is 0.237 e. The van der Waals surface area contributed by atoms with Gasteiger partial charge in [0.15, 0.2) is 9.84 Å². The lowest BCUT2D eigenvalue weighted by atomic mass is 9.96. The predicted molar refractivity (Wildman–Crippen MR) is 75.3 cm³/mol. The largest absolute Gasteiger partial charge is 0.351 e. The van der Waals surface area contributed by atoms with Gasteiger partial charge in [-0.3, -0.25) is 4.79 Å². The number of nitrogens with one attached hydrogen (secondary N) is 1. The third-order valence-electron chi connectivity index (χ3n) is 2.91. The van der Waals surface area contributed by atoms with Gasteiger partial charge in [0.1, 0.15) is 5.92 Å². The number of sulfone groups is 1. The summed E-state index contributed by atoms with van der Waals surface area (Å²) in [4.78, 5) is 12.0. The molecular formula is C14H18N2O3S. The first kappa shape index (κ1) is 16.2. The number of nitrogens with zero attached hydrogens (tertiary/aromatic N) is 1. The molecule has 0 aliphatic heterocycles. The number of amides is 1. The van der Waals surface area contributed by atoms with Crippen molar-refractivity contribution in [3.63, 3.8) is 0 Å². The number of carbonyl (C=O) groups excluding carboxylic acids is 1. The van der Waals surface area contributed by atoms with Gasteiger partial charge in [0.25, 0.3) is 0 Å². The van der Waals surface area contributed by atoms with E-state index in [1.54, 1.807) is 12.1 Å². The zero-order valence-corrected chi connectivity index (χ0v) is 12.6. The van der Waals surface area contributed by atoms with Crippen LogP contribution in [0.2, 0.25) is 0 Å². The molecule has 0 radical (unpaired) electrons. The summed E-state index contributed by atoms with van der Waals surface area (Å²) < 4.78 is 22.6. The first-order chi connectivity index (χ1) is 9.25. The number of benzene rings is 1. The van der Waals surface area contributed by atoms with Crippen LogP contribution >= 0.6 is 0 Å². The lowest BCUT2D eigenvalue weighted by Gasteiger charge is -2.13. The first-order valence-corrected chi connectivity index (χ1v) is 8.11. The van der Waals surface area contributed by atoms with Gasteiger partial charge in [-0.2, -0.15) is 5.26 Å². The van der Waals surface area contributed by atoms with Gasteiger partial charge < -0.3 is 5.32 Å². The van der Waals surface area contributed by atoms with Crippen LogP contribution in [0.1, 0.15) is 19.4 Å². The van der Waals surface area contributed by atoms with Crippen molar-refractivity contribution in [1.29, 1.82) is 5.26 Å². The van der Waals surface area contributed by atoms with Crippen molar-refractivity contribution in [1.82, 2.24) is 5.32 Å². The number of hydrogen-bond donors (Lipinski definition) is 1. The van der Waals surface area contributed by atoms with Gasteiger partial charge in [-0.05, 0) is 23.6 Å². The highest BCUT2D eigenvalue weighted by molar-refractivity contribution is 7.90. The molecule has 1 atom stereocenters. The number of nitriles is 1. The average molecular weight is 294 g/mol. The van der Waals surface area contributed by atoms with Crippen LogP contribution in [-0.4, -0.2) is 20.6 Å². The molecule has 0 fully saturated rings. The molecule has 1 aromatic carbocycles. The summed E-state index contributed by atoms with van der Waals surface area (Å²) in [6, 6.07) is 8.27. The van der Waals surface area contributed by atoms with E-state index in [9.17, 15) is 13.2 Å². The maximum atomic E-state index is 11.8. The summed E-state index contributed by atoms with van der Waals surface area (Å²) >= 11 is 0. The van der Waals surface area contributed by atoms with Crippen molar-refractivity contribution in [2.24, 2.45) is 11.8 Å². The van der Waals surface area contributed by atoms with Crippen LogP contribution < -0.4 is 5.32 Å². The molecule has 0 saturated carbocycles. The highest BCUT2D eigenvalue weighted by atomic mass is 32.2. The summed E-state index contributed by atoms with van der Waals surface area (Å²) in [5.41, 5.74) is 0.784. The highest BCUT2D eigenvalue weighted by Gasteiger charge is 2.21. The van der Waals surface area contributed by atoms with E-state index in [4.69, 9.17) is 5.26 Å². The van der Waals surface area contributed by atoms with Crippen molar-refractivity contribution >= 4 is 15.7 Å². The van der Waals surface area contributed by atoms with Crippen LogP contribution in [0.5, 0.6) is 0 Å². The zero-order valence-electron chi connectivity index (χ0n) is 11.8. The Kier molecular flexibility index (Phi) is 5.28. The molecule has 0 spiro atoms. The standard InChI is InChI=1S/C14H18N2O3S/c1-10(2)13(8-15)14(17)16-9-11-4-6-12(7-5-11)20(3,18)19/h4-7,10,13H,9H2,1-3H3,(H,16,17). The first-order valence-electron chi connectivity index (χ1n) is 6.22. The lowest BCUT2D eigenvalue weighted by Crippen LogP contribution is -2.32. The Morgan fingerprint density at radius 3 is 2.25 bits per heavy atom. The third-order valence-corrected chi connectivity index (χ3v) is 4.03. The second kappa shape index (κ2) is 6.53. The van der Waals surface area contributed by atoms with Gasteiger partial charge in [-0.25, -0.2) is 8.42 Å². The molecule has 0 saturated heterocycles. The summed E-state index contributed by atoms with van der Waals surface area (Å²) in [6.45, 7) is 3.90. The van der Waals surface area contributed by atoms with E-state index in [-0.39, 0.29) is 23.3 Å². The average Bonchev–Trinajstić information content (AvgIpc) is 2.36. The molecule has 0 aromatic heterocycles. The minimum absolute atomic E-state index is 0.0485. The van der Waals surface area contributed by atoms with Gasteiger partial charge in [-0.15, -0.1) is 0 Å². The maximum absolute atomic E-state index is 11.8. The topological polar surface area (TPSA) is 87.0 Å². The van der Waals surface area contributed by atoms with Crippen molar-refractivity contribution in [2.75, 3.05) is 6.26 Å². The number of hydrogen-bond acceptors (Lipinski definition) is 4. The predicted octanol–water partition coefficient (Wildman–Crippen LogP) is 1.50. The van der Waals surface area contributed by atoms with Crippen LogP contribution in [0.15, 0.2) is 29.2 Å². The number of rotatable bonds is 5. The van der Waals surface area contributed by atoms with Crippen molar-refractivity contribution in [2.45, 2.75) is 25.3 Å². The summed E-state index contributed by atoms with van der Waals surface area (Å²) in [6.07, 6.45) is 1.14. The van der Waals surface area contributed by atoms with Crippen LogP contribution in [0.4, 0.5) is 0 Å². The fourth-order valence-electron chi connectivity index (χ4n) is 1.66. The highest BCUT2D eigenvalue weighted by Crippen LogP contribution is 2.12. The van der Waals surface area contributed by atoms with E-state index in [0.717, 1.165) is 11.8 Å². The van der Waals surface area contributed by atoms with Crippen LogP contribution in [0, 0.1) is 23.2 Å². The van der Waals surface area contributed by atoms with Gasteiger partial charge in [0, 0.05) is 12.8 Å². The van der Waals surface area contributed by atoms with E-state index in [1.165, 1.54) is 12.1 Å². The Morgan fingerprint density at radius 2 is 1.85 bits per heavy atom. The minimum atomic E-state index is -3.21. The van der Waals surface area contributed by atoms with Crippen molar-refractivity contribution in [3.05, 3.63) is 29.8 Å². The van der Waals surface area contributed by atoms with Crippen molar-refractivity contribution in [3.8, 4) is 6.07 Å². The molecule has 5 nitrogen and oxygen atoms in total. The molecule has 20 heavy (non-hydrogen) atoms. The Hall–Kier alpha value is -1.87. The van der Waals surface area contributed by atoms with Gasteiger partial charge in [0.2, 0.25) is 5.91 Å². The Bertz CT molecular complexity index is 613. The van der Waals surface area contributed by atoms with Gasteiger partial charge in [-0.1, -0.05) is 26.0 Å². The van der Waals surface area contributed by atoms with E-state index in [1.807, 2.05) is 19.9 Å². The minimum Gasteiger partial charge on any atom is -0.351 e. The van der Waals surface area contributed by atoms with Crippen LogP contribution in [0.25, 0.3) is 0 Å². The normalized spacial score (nSPS) is 12.8. The molecule has 0 bridgehead atoms. The molecule has 0 heterocycles. The monoisotopic (exact) mass is 294 g/mol. The number of carbonyl (C=O) groups is 1. The van der Waals surface area contributed by atoms with E-state index >= 15 is 0 Å². The zero-order chi connectivity index (χ0) is 15.3. The molecule has 1 aromatic rings. The molecule has 1 unspecified atom stereocenters. The second-order valence-corrected chi connectivity index (χ2v) is 7.00. The van der Waals surface area contributed by atoms with E-state index in [2.05, 4.69) is 5.32 Å². The Morgan fingerprint density at radius 1 is 1.30 bits per heavy atom. The van der Waals surface area contributed by atoms with Gasteiger partial charge in [0.05, 0.1) is 11.0 Å². The summed E-state index contributed by atoms with van der Waals surface area (Å²) in [5.74, 6) is -1.03. The molecule has 6 heteroatoms. The quantitative estimate of drug-likeness (QED) is 0.891. The molecule has 108 valence electrons. The van der Waals surface area contributed by atoms with Gasteiger partial charge >= 0.3 is 0 Å². The molecule has 1 N–H and O–H groups in total. The van der Waals surface area contributed by atoms with E-state index in [0.29, 0.717) is 0 Å². The Balaban J connectivity index is 2.68. The fourth-order valence-corrected chi connectivity index (χ4v) is 2.29. The molecule has 0 aliphatic rings. The van der Waals surface area contributed by atoms with Crippen LogP contribution in [-0.2, 0) is 21.2 Å². The van der Waals surface area contributed by atoms with E-state index < -0.39 is 15.8 Å². The SMILES string of the molecule is CC(C)C(C#N)C(=O)NCc1ccc(S(C)(=O)=O)cc1. The fraction of sp³-hybridized carbons (Fsp3) is 0.429. The molecule has 1 amide bonds. The van der Waals surface area contributed by atoms with Crippen LogP contribution in [0.3, 0.4) is 0 Å².